The number of halogens is 1. The van der Waals surface area contributed by atoms with Gasteiger partial charge in [-0.1, -0.05) is 60.7 Å². The zero-order valence-electron chi connectivity index (χ0n) is 18.6. The number of hydrogen-bond donors (Lipinski definition) is 0. The van der Waals surface area contributed by atoms with Crippen LogP contribution in [0.4, 0.5) is 4.39 Å². The molecule has 3 nitrogen and oxygen atoms in total. The molecule has 0 bridgehead atoms. The number of benzene rings is 5. The Morgan fingerprint density at radius 2 is 1.11 bits per heavy atom. The van der Waals surface area contributed by atoms with Gasteiger partial charge in [-0.3, -0.25) is 0 Å². The van der Waals surface area contributed by atoms with Gasteiger partial charge in [0.15, 0.2) is 0 Å². The molecule has 35 heavy (non-hydrogen) atoms. The van der Waals surface area contributed by atoms with Crippen LogP contribution in [-0.2, 0) is 0 Å². The Morgan fingerprint density at radius 1 is 0.543 bits per heavy atom. The average Bonchev–Trinajstić information content (AvgIpc) is 3.40. The first-order valence-electron chi connectivity index (χ1n) is 11.5. The van der Waals surface area contributed by atoms with Gasteiger partial charge in [-0.2, -0.15) is 5.26 Å². The fraction of sp³-hybridized carbons (Fsp3) is 0. The van der Waals surface area contributed by atoms with E-state index in [2.05, 4.69) is 65.2 Å². The largest absolute Gasteiger partial charge is 0.309 e. The van der Waals surface area contributed by atoms with Gasteiger partial charge in [-0.05, 0) is 48.5 Å². The Balaban J connectivity index is 1.70. The zero-order valence-corrected chi connectivity index (χ0v) is 18.6. The SMILES string of the molecule is N#Cc1c(F)cccc1-n1c2ccccc2c2cc3c(cc21)c1ccccc1n3-c1ccccc1. The monoisotopic (exact) mass is 451 g/mol. The van der Waals surface area contributed by atoms with E-state index in [1.165, 1.54) is 6.07 Å². The minimum Gasteiger partial charge on any atom is -0.309 e. The van der Waals surface area contributed by atoms with E-state index < -0.39 is 5.82 Å². The third kappa shape index (κ3) is 2.70. The summed E-state index contributed by atoms with van der Waals surface area (Å²) in [5.41, 5.74) is 5.79. The van der Waals surface area contributed by atoms with Crippen LogP contribution in [0.1, 0.15) is 5.56 Å². The van der Waals surface area contributed by atoms with Crippen molar-refractivity contribution in [3.05, 3.63) is 121 Å². The van der Waals surface area contributed by atoms with Gasteiger partial charge in [0, 0.05) is 27.2 Å². The highest BCUT2D eigenvalue weighted by Crippen LogP contribution is 2.39. The number of nitriles is 1. The molecule has 0 N–H and O–H groups in total. The summed E-state index contributed by atoms with van der Waals surface area (Å²) in [4.78, 5) is 0. The van der Waals surface area contributed by atoms with E-state index in [0.717, 1.165) is 49.3 Å². The van der Waals surface area contributed by atoms with Crippen molar-refractivity contribution >= 4 is 43.6 Å². The summed E-state index contributed by atoms with van der Waals surface area (Å²) in [5, 5.41) is 14.1. The number of rotatable bonds is 2. The maximum Gasteiger partial charge on any atom is 0.143 e. The molecule has 5 aromatic carbocycles. The van der Waals surface area contributed by atoms with Crippen LogP contribution in [0.15, 0.2) is 109 Å². The molecule has 2 aromatic heterocycles. The van der Waals surface area contributed by atoms with Crippen LogP contribution in [0.25, 0.3) is 55.0 Å². The fourth-order valence-electron chi connectivity index (χ4n) is 5.36. The lowest BCUT2D eigenvalue weighted by Crippen LogP contribution is -1.99. The number of aromatic nitrogens is 2. The number of fused-ring (bicyclic) bond motifs is 6. The fourth-order valence-corrected chi connectivity index (χ4v) is 5.36. The van der Waals surface area contributed by atoms with E-state index in [1.807, 2.05) is 47.0 Å². The second-order valence-corrected chi connectivity index (χ2v) is 8.67. The summed E-state index contributed by atoms with van der Waals surface area (Å²) in [5.74, 6) is -0.516. The molecule has 0 unspecified atom stereocenters. The first-order valence-corrected chi connectivity index (χ1v) is 11.5. The molecule has 0 fully saturated rings. The quantitative estimate of drug-likeness (QED) is 0.263. The predicted molar refractivity (Wildman–Crippen MR) is 140 cm³/mol. The Hall–Kier alpha value is -4.88. The van der Waals surface area contributed by atoms with Gasteiger partial charge in [0.2, 0.25) is 0 Å². The maximum atomic E-state index is 14.7. The smallest absolute Gasteiger partial charge is 0.143 e. The molecule has 164 valence electrons. The van der Waals surface area contributed by atoms with Gasteiger partial charge >= 0.3 is 0 Å². The van der Waals surface area contributed by atoms with Crippen molar-refractivity contribution in [3.63, 3.8) is 0 Å². The molecule has 0 spiro atoms. The second-order valence-electron chi connectivity index (χ2n) is 8.67. The van der Waals surface area contributed by atoms with Crippen molar-refractivity contribution in [2.75, 3.05) is 0 Å². The van der Waals surface area contributed by atoms with E-state index in [9.17, 15) is 9.65 Å². The number of nitrogens with zero attached hydrogens (tertiary/aromatic N) is 3. The zero-order chi connectivity index (χ0) is 23.5. The van der Waals surface area contributed by atoms with E-state index >= 15 is 0 Å². The molecule has 0 amide bonds. The van der Waals surface area contributed by atoms with Gasteiger partial charge in [0.25, 0.3) is 0 Å². The standard InChI is InChI=1S/C31H18FN3/c32-26-13-8-16-29(25(26)19-33)35-28-15-7-5-12-22(28)24-17-30-23(18-31(24)35)21-11-4-6-14-27(21)34(30)20-9-2-1-3-10-20/h1-18H. The summed E-state index contributed by atoms with van der Waals surface area (Å²) in [7, 11) is 0. The molecule has 7 aromatic rings. The molecular weight excluding hydrogens is 433 g/mol. The van der Waals surface area contributed by atoms with Crippen molar-refractivity contribution in [2.24, 2.45) is 0 Å². The summed E-state index contributed by atoms with van der Waals surface area (Å²) in [6.45, 7) is 0. The van der Waals surface area contributed by atoms with E-state index in [-0.39, 0.29) is 5.56 Å². The third-order valence-electron chi connectivity index (χ3n) is 6.82. The van der Waals surface area contributed by atoms with Crippen molar-refractivity contribution < 1.29 is 4.39 Å². The van der Waals surface area contributed by atoms with Gasteiger partial charge in [0.05, 0.1) is 27.8 Å². The van der Waals surface area contributed by atoms with Crippen LogP contribution >= 0.6 is 0 Å². The number of hydrogen-bond acceptors (Lipinski definition) is 1. The normalized spacial score (nSPS) is 11.5. The van der Waals surface area contributed by atoms with Gasteiger partial charge in [-0.25, -0.2) is 4.39 Å². The van der Waals surface area contributed by atoms with Crippen LogP contribution in [0.3, 0.4) is 0 Å². The average molecular weight is 452 g/mol. The van der Waals surface area contributed by atoms with Crippen molar-refractivity contribution in [3.8, 4) is 17.4 Å². The Morgan fingerprint density at radius 3 is 1.77 bits per heavy atom. The lowest BCUT2D eigenvalue weighted by molar-refractivity contribution is 0.623. The third-order valence-corrected chi connectivity index (χ3v) is 6.82. The summed E-state index contributed by atoms with van der Waals surface area (Å²) >= 11 is 0. The summed E-state index contributed by atoms with van der Waals surface area (Å²) in [6.07, 6.45) is 0. The molecule has 4 heteroatoms. The minimum absolute atomic E-state index is 0.0435. The highest BCUT2D eigenvalue weighted by molar-refractivity contribution is 6.19. The first-order chi connectivity index (χ1) is 17.3. The topological polar surface area (TPSA) is 33.6 Å². The molecule has 0 radical (unpaired) electrons. The summed E-state index contributed by atoms with van der Waals surface area (Å²) < 4.78 is 19.0. The second kappa shape index (κ2) is 7.31. The van der Waals surface area contributed by atoms with E-state index in [1.54, 1.807) is 6.07 Å². The van der Waals surface area contributed by atoms with Crippen LogP contribution in [0.5, 0.6) is 0 Å². The molecule has 0 atom stereocenters. The molecule has 0 aliphatic heterocycles. The molecule has 0 aliphatic carbocycles. The van der Waals surface area contributed by atoms with Crippen molar-refractivity contribution in [1.82, 2.24) is 9.13 Å². The highest BCUT2D eigenvalue weighted by Gasteiger charge is 2.20. The molecule has 7 rings (SSSR count). The van der Waals surface area contributed by atoms with Crippen molar-refractivity contribution in [1.29, 1.82) is 5.26 Å². The molecular formula is C31H18FN3. The van der Waals surface area contributed by atoms with Crippen LogP contribution < -0.4 is 0 Å². The van der Waals surface area contributed by atoms with Gasteiger partial charge in [0.1, 0.15) is 17.4 Å². The Kier molecular flexibility index (Phi) is 4.09. The van der Waals surface area contributed by atoms with E-state index in [4.69, 9.17) is 0 Å². The maximum absolute atomic E-state index is 14.7. The van der Waals surface area contributed by atoms with Gasteiger partial charge < -0.3 is 9.13 Å². The Bertz CT molecular complexity index is 1970. The highest BCUT2D eigenvalue weighted by atomic mass is 19.1. The minimum atomic E-state index is -0.516. The molecule has 0 saturated heterocycles. The predicted octanol–water partition coefficient (Wildman–Crippen LogP) is 7.89. The van der Waals surface area contributed by atoms with Crippen LogP contribution in [0, 0.1) is 17.1 Å². The molecule has 2 heterocycles. The van der Waals surface area contributed by atoms with E-state index in [0.29, 0.717) is 5.69 Å². The molecule has 0 aliphatic rings. The summed E-state index contributed by atoms with van der Waals surface area (Å²) in [6, 6.07) is 38.1. The lowest BCUT2D eigenvalue weighted by Gasteiger charge is -2.11. The lowest BCUT2D eigenvalue weighted by atomic mass is 10.1. The van der Waals surface area contributed by atoms with Crippen LogP contribution in [-0.4, -0.2) is 9.13 Å². The molecule has 0 saturated carbocycles. The Labute approximate surface area is 200 Å². The number of para-hydroxylation sites is 3. The van der Waals surface area contributed by atoms with Gasteiger partial charge in [-0.15, -0.1) is 0 Å². The van der Waals surface area contributed by atoms with Crippen molar-refractivity contribution in [2.45, 2.75) is 0 Å². The first kappa shape index (κ1) is 19.6. The van der Waals surface area contributed by atoms with Crippen LogP contribution in [0.2, 0.25) is 0 Å².